The Labute approximate surface area is 187 Å². The van der Waals surface area contributed by atoms with Crippen molar-refractivity contribution in [2.45, 2.75) is 25.9 Å². The molecule has 1 unspecified atom stereocenters. The van der Waals surface area contributed by atoms with Gasteiger partial charge in [0.2, 0.25) is 5.91 Å². The Hall–Kier alpha value is -3.33. The van der Waals surface area contributed by atoms with Gasteiger partial charge in [0.05, 0.1) is 24.5 Å². The summed E-state index contributed by atoms with van der Waals surface area (Å²) >= 11 is 0. The number of carbonyl (C=O) groups is 2. The van der Waals surface area contributed by atoms with Gasteiger partial charge in [0.15, 0.2) is 0 Å². The number of hydrogen-bond acceptors (Lipinski definition) is 7. The lowest BCUT2D eigenvalue weighted by molar-refractivity contribution is -0.139. The van der Waals surface area contributed by atoms with Crippen molar-refractivity contribution in [1.29, 1.82) is 0 Å². The number of hydrogen-bond donors (Lipinski definition) is 1. The summed E-state index contributed by atoms with van der Waals surface area (Å²) in [5.41, 5.74) is 3.80. The molecule has 2 aliphatic rings. The normalized spacial score (nSPS) is 18.4. The van der Waals surface area contributed by atoms with Crippen molar-refractivity contribution in [3.63, 3.8) is 0 Å². The molecule has 1 atom stereocenters. The second-order valence-corrected chi connectivity index (χ2v) is 7.95. The van der Waals surface area contributed by atoms with E-state index in [4.69, 9.17) is 9.72 Å². The van der Waals surface area contributed by atoms with Gasteiger partial charge in [0.1, 0.15) is 11.8 Å². The maximum atomic E-state index is 12.7. The summed E-state index contributed by atoms with van der Waals surface area (Å²) in [5, 5.41) is 8.97. The Morgan fingerprint density at radius 1 is 1.22 bits per heavy atom. The van der Waals surface area contributed by atoms with Gasteiger partial charge in [-0.25, -0.2) is 4.98 Å². The smallest absolute Gasteiger partial charge is 0.269 e. The van der Waals surface area contributed by atoms with Crippen LogP contribution in [0.4, 0.5) is 0 Å². The Morgan fingerprint density at radius 2 is 2.09 bits per heavy atom. The Kier molecular flexibility index (Phi) is 6.75. The number of nitrogens with one attached hydrogen (secondary N) is 1. The van der Waals surface area contributed by atoms with E-state index >= 15 is 0 Å². The maximum Gasteiger partial charge on any atom is 0.269 e. The van der Waals surface area contributed by atoms with Crippen LogP contribution in [-0.4, -0.2) is 77.2 Å². The van der Waals surface area contributed by atoms with Crippen molar-refractivity contribution in [3.05, 3.63) is 47.9 Å². The van der Waals surface area contributed by atoms with Crippen molar-refractivity contribution < 1.29 is 14.3 Å². The molecule has 0 spiro atoms. The van der Waals surface area contributed by atoms with Gasteiger partial charge >= 0.3 is 0 Å². The second-order valence-electron chi connectivity index (χ2n) is 7.95. The average Bonchev–Trinajstić information content (AvgIpc) is 3.27. The highest BCUT2D eigenvalue weighted by Gasteiger charge is 2.27. The number of ether oxygens (including phenoxy) is 1. The molecule has 2 aromatic rings. The van der Waals surface area contributed by atoms with E-state index in [1.807, 2.05) is 41.1 Å². The van der Waals surface area contributed by atoms with E-state index in [0.29, 0.717) is 38.4 Å². The van der Waals surface area contributed by atoms with Crippen LogP contribution in [0.3, 0.4) is 0 Å². The van der Waals surface area contributed by atoms with E-state index in [1.54, 1.807) is 19.3 Å². The zero-order valence-electron chi connectivity index (χ0n) is 18.5. The number of aromatic nitrogens is 2. The third-order valence-corrected chi connectivity index (χ3v) is 5.67. The van der Waals surface area contributed by atoms with Gasteiger partial charge in [-0.2, -0.15) is 5.10 Å². The van der Waals surface area contributed by atoms with Crippen molar-refractivity contribution in [2.75, 3.05) is 39.8 Å². The highest BCUT2D eigenvalue weighted by Crippen LogP contribution is 2.24. The van der Waals surface area contributed by atoms with Crippen LogP contribution < -0.4 is 5.32 Å². The molecule has 1 fully saturated rings. The summed E-state index contributed by atoms with van der Waals surface area (Å²) in [4.78, 5) is 35.3. The van der Waals surface area contributed by atoms with Gasteiger partial charge in [-0.3, -0.25) is 19.6 Å². The molecular weight excluding hydrogens is 408 g/mol. The second kappa shape index (κ2) is 9.86. The SMILES string of the molecule is CNC(=O)c1ccc(-c2cccc(C3CN(C(=O)CCN4CCC(C)=N4)CCO3)n2)cn1. The highest BCUT2D eigenvalue weighted by atomic mass is 16.5. The molecule has 0 aromatic carbocycles. The number of rotatable bonds is 6. The van der Waals surface area contributed by atoms with Crippen molar-refractivity contribution in [3.8, 4) is 11.3 Å². The van der Waals surface area contributed by atoms with Gasteiger partial charge in [-0.15, -0.1) is 0 Å². The number of amides is 2. The van der Waals surface area contributed by atoms with E-state index in [9.17, 15) is 9.59 Å². The Bertz CT molecular complexity index is 1010. The maximum absolute atomic E-state index is 12.7. The molecule has 0 saturated carbocycles. The first-order valence-electron chi connectivity index (χ1n) is 10.9. The molecule has 4 heterocycles. The monoisotopic (exact) mass is 436 g/mol. The first-order chi connectivity index (χ1) is 15.5. The average molecular weight is 437 g/mol. The lowest BCUT2D eigenvalue weighted by Gasteiger charge is -2.33. The van der Waals surface area contributed by atoms with Crippen LogP contribution in [-0.2, 0) is 9.53 Å². The van der Waals surface area contributed by atoms with Crippen molar-refractivity contribution in [1.82, 2.24) is 25.2 Å². The predicted octanol–water partition coefficient (Wildman–Crippen LogP) is 1.87. The van der Waals surface area contributed by atoms with Crippen LogP contribution in [0.1, 0.15) is 42.1 Å². The molecule has 9 nitrogen and oxygen atoms in total. The van der Waals surface area contributed by atoms with Crippen molar-refractivity contribution >= 4 is 17.5 Å². The summed E-state index contributed by atoms with van der Waals surface area (Å²) in [6.07, 6.45) is 2.77. The molecule has 1 N–H and O–H groups in total. The molecule has 168 valence electrons. The summed E-state index contributed by atoms with van der Waals surface area (Å²) < 4.78 is 5.94. The Balaban J connectivity index is 1.40. The molecule has 0 aliphatic carbocycles. The highest BCUT2D eigenvalue weighted by molar-refractivity contribution is 5.92. The van der Waals surface area contributed by atoms with E-state index < -0.39 is 0 Å². The lowest BCUT2D eigenvalue weighted by atomic mass is 10.1. The molecule has 9 heteroatoms. The van der Waals surface area contributed by atoms with E-state index in [2.05, 4.69) is 15.4 Å². The molecule has 0 radical (unpaired) electrons. The molecule has 2 amide bonds. The van der Waals surface area contributed by atoms with Gasteiger partial charge in [-0.05, 0) is 31.2 Å². The quantitative estimate of drug-likeness (QED) is 0.742. The molecule has 32 heavy (non-hydrogen) atoms. The van der Waals surface area contributed by atoms with E-state index in [1.165, 1.54) is 0 Å². The minimum absolute atomic E-state index is 0.114. The minimum Gasteiger partial charge on any atom is -0.368 e. The first-order valence-corrected chi connectivity index (χ1v) is 10.9. The molecule has 2 aromatic heterocycles. The summed E-state index contributed by atoms with van der Waals surface area (Å²) in [6, 6.07) is 9.22. The van der Waals surface area contributed by atoms with Crippen LogP contribution in [0.15, 0.2) is 41.6 Å². The van der Waals surface area contributed by atoms with E-state index in [0.717, 1.165) is 35.6 Å². The summed E-state index contributed by atoms with van der Waals surface area (Å²) in [7, 11) is 1.57. The fraction of sp³-hybridized carbons (Fsp3) is 0.435. The molecule has 2 aliphatic heterocycles. The number of carbonyl (C=O) groups excluding carboxylic acids is 2. The summed E-state index contributed by atoms with van der Waals surface area (Å²) in [6.45, 7) is 5.09. The van der Waals surface area contributed by atoms with Crippen LogP contribution in [0, 0.1) is 0 Å². The van der Waals surface area contributed by atoms with Crippen molar-refractivity contribution in [2.24, 2.45) is 5.10 Å². The minimum atomic E-state index is -0.280. The number of pyridine rings is 2. The fourth-order valence-electron chi connectivity index (χ4n) is 3.83. The van der Waals surface area contributed by atoms with Crippen LogP contribution in [0.25, 0.3) is 11.3 Å². The van der Waals surface area contributed by atoms with Gasteiger partial charge < -0.3 is 15.0 Å². The van der Waals surface area contributed by atoms with Gasteiger partial charge in [0, 0.05) is 57.0 Å². The Morgan fingerprint density at radius 3 is 2.81 bits per heavy atom. The number of morpholine rings is 1. The van der Waals surface area contributed by atoms with Crippen LogP contribution in [0.5, 0.6) is 0 Å². The van der Waals surface area contributed by atoms with Gasteiger partial charge in [0.25, 0.3) is 5.91 Å². The zero-order valence-corrected chi connectivity index (χ0v) is 18.5. The first kappa shape index (κ1) is 21.9. The lowest BCUT2D eigenvalue weighted by Crippen LogP contribution is -2.43. The van der Waals surface area contributed by atoms with Crippen LogP contribution in [0.2, 0.25) is 0 Å². The van der Waals surface area contributed by atoms with Gasteiger partial charge in [-0.1, -0.05) is 6.07 Å². The molecule has 4 rings (SSSR count). The topological polar surface area (TPSA) is 100 Å². The third kappa shape index (κ3) is 5.11. The molecule has 1 saturated heterocycles. The number of hydrazone groups is 1. The van der Waals surface area contributed by atoms with E-state index in [-0.39, 0.29) is 17.9 Å². The largest absolute Gasteiger partial charge is 0.368 e. The zero-order chi connectivity index (χ0) is 22.5. The summed E-state index contributed by atoms with van der Waals surface area (Å²) in [5.74, 6) is -0.117. The molecule has 0 bridgehead atoms. The molecular formula is C23H28N6O3. The predicted molar refractivity (Wildman–Crippen MR) is 120 cm³/mol. The third-order valence-electron chi connectivity index (χ3n) is 5.67. The fourth-order valence-corrected chi connectivity index (χ4v) is 3.83. The number of nitrogens with zero attached hydrogens (tertiary/aromatic N) is 5. The standard InChI is InChI=1S/C23H28N6O3/c1-16-8-10-29(27-16)11-9-22(30)28-12-13-32-21(15-28)19-5-3-4-18(26-19)17-6-7-20(25-14-17)23(31)24-2/h3-7,14,21H,8-13,15H2,1-2H3,(H,24,31). The van der Waals surface area contributed by atoms with Crippen LogP contribution >= 0.6 is 0 Å².